The van der Waals surface area contributed by atoms with Gasteiger partial charge in [-0.2, -0.15) is 0 Å². The number of aromatic amines is 1. The number of nitrogens with two attached hydrogens (primary N) is 1. The van der Waals surface area contributed by atoms with Crippen LogP contribution in [0.2, 0.25) is 0 Å². The number of fused-ring (bicyclic) bond motifs is 1. The Morgan fingerprint density at radius 2 is 2.33 bits per heavy atom. The summed E-state index contributed by atoms with van der Waals surface area (Å²) in [5.41, 5.74) is 7.51. The normalized spacial score (nSPS) is 11.1. The summed E-state index contributed by atoms with van der Waals surface area (Å²) in [4.78, 5) is 7.75. The van der Waals surface area contributed by atoms with E-state index in [0.717, 1.165) is 39.4 Å². The van der Waals surface area contributed by atoms with E-state index in [1.165, 1.54) is 0 Å². The maximum atomic E-state index is 5.44. The van der Waals surface area contributed by atoms with Crippen molar-refractivity contribution >= 4 is 38.7 Å². The summed E-state index contributed by atoms with van der Waals surface area (Å²) in [5.74, 6) is 1.01. The van der Waals surface area contributed by atoms with Crippen molar-refractivity contribution in [1.29, 1.82) is 0 Å². The molecule has 5 heteroatoms. The number of rotatable bonds is 4. The van der Waals surface area contributed by atoms with Gasteiger partial charge in [-0.05, 0) is 31.2 Å². The second-order valence-electron chi connectivity index (χ2n) is 3.19. The number of thioether (sulfide) groups is 1. The van der Waals surface area contributed by atoms with Crippen LogP contribution in [0.1, 0.15) is 6.42 Å². The molecule has 3 N–H and O–H groups in total. The SMILES string of the molecule is NCCCSc1nc2ccc(Br)cc2[nH]1. The molecule has 0 spiro atoms. The maximum Gasteiger partial charge on any atom is 0.166 e. The number of nitrogens with one attached hydrogen (secondary N) is 1. The number of hydrogen-bond acceptors (Lipinski definition) is 3. The topological polar surface area (TPSA) is 54.7 Å². The molecule has 0 bridgehead atoms. The predicted octanol–water partition coefficient (Wildman–Crippen LogP) is 2.77. The minimum atomic E-state index is 0.735. The van der Waals surface area contributed by atoms with Crippen molar-refractivity contribution in [1.82, 2.24) is 9.97 Å². The van der Waals surface area contributed by atoms with Crippen LogP contribution in [0.25, 0.3) is 11.0 Å². The lowest BCUT2D eigenvalue weighted by atomic mass is 10.3. The van der Waals surface area contributed by atoms with Crippen molar-refractivity contribution in [3.05, 3.63) is 22.7 Å². The lowest BCUT2D eigenvalue weighted by molar-refractivity contribution is 0.938. The van der Waals surface area contributed by atoms with Gasteiger partial charge in [0.1, 0.15) is 0 Å². The Morgan fingerprint density at radius 3 is 3.13 bits per heavy atom. The van der Waals surface area contributed by atoms with E-state index in [2.05, 4.69) is 25.9 Å². The van der Waals surface area contributed by atoms with Gasteiger partial charge in [-0.1, -0.05) is 27.7 Å². The first-order chi connectivity index (χ1) is 7.29. The predicted molar refractivity (Wildman–Crippen MR) is 68.2 cm³/mol. The highest BCUT2D eigenvalue weighted by Gasteiger charge is 2.02. The van der Waals surface area contributed by atoms with Crippen molar-refractivity contribution in [2.24, 2.45) is 5.73 Å². The molecule has 0 radical (unpaired) electrons. The van der Waals surface area contributed by atoms with E-state index in [1.807, 2.05) is 18.2 Å². The van der Waals surface area contributed by atoms with Gasteiger partial charge in [0.05, 0.1) is 11.0 Å². The summed E-state index contributed by atoms with van der Waals surface area (Å²) in [6.07, 6.45) is 1.02. The Morgan fingerprint density at radius 1 is 1.47 bits per heavy atom. The molecule has 0 saturated carbocycles. The molecule has 0 saturated heterocycles. The smallest absolute Gasteiger partial charge is 0.166 e. The van der Waals surface area contributed by atoms with E-state index >= 15 is 0 Å². The summed E-state index contributed by atoms with van der Waals surface area (Å²) >= 11 is 5.15. The van der Waals surface area contributed by atoms with Crippen LogP contribution in [-0.4, -0.2) is 22.3 Å². The third-order valence-electron chi connectivity index (χ3n) is 2.01. The van der Waals surface area contributed by atoms with Crippen molar-refractivity contribution in [3.8, 4) is 0 Å². The fourth-order valence-corrected chi connectivity index (χ4v) is 2.49. The molecule has 80 valence electrons. The van der Waals surface area contributed by atoms with E-state index in [4.69, 9.17) is 5.73 Å². The number of hydrogen-bond donors (Lipinski definition) is 2. The van der Waals surface area contributed by atoms with Crippen LogP contribution in [0, 0.1) is 0 Å². The first-order valence-electron chi connectivity index (χ1n) is 4.78. The number of benzene rings is 1. The molecule has 0 unspecified atom stereocenters. The largest absolute Gasteiger partial charge is 0.333 e. The fraction of sp³-hybridized carbons (Fsp3) is 0.300. The Balaban J connectivity index is 2.16. The van der Waals surface area contributed by atoms with Gasteiger partial charge in [0, 0.05) is 10.2 Å². The molecular weight excluding hydrogens is 274 g/mol. The van der Waals surface area contributed by atoms with Gasteiger partial charge < -0.3 is 10.7 Å². The van der Waals surface area contributed by atoms with E-state index in [0.29, 0.717) is 0 Å². The number of H-pyrrole nitrogens is 1. The van der Waals surface area contributed by atoms with Gasteiger partial charge in [0.15, 0.2) is 5.16 Å². The number of halogens is 1. The zero-order valence-electron chi connectivity index (χ0n) is 8.16. The van der Waals surface area contributed by atoms with E-state index < -0.39 is 0 Å². The Bertz CT molecular complexity index is 455. The summed E-state index contributed by atoms with van der Waals surface area (Å²) < 4.78 is 1.07. The lowest BCUT2D eigenvalue weighted by Gasteiger charge is -1.93. The van der Waals surface area contributed by atoms with Crippen LogP contribution in [0.4, 0.5) is 0 Å². The highest BCUT2D eigenvalue weighted by Crippen LogP contribution is 2.22. The fourth-order valence-electron chi connectivity index (χ4n) is 1.28. The molecule has 0 amide bonds. The van der Waals surface area contributed by atoms with Gasteiger partial charge in [0.25, 0.3) is 0 Å². The van der Waals surface area contributed by atoms with Crippen molar-refractivity contribution in [3.63, 3.8) is 0 Å². The van der Waals surface area contributed by atoms with Crippen LogP contribution >= 0.6 is 27.7 Å². The van der Waals surface area contributed by atoms with Crippen molar-refractivity contribution in [2.75, 3.05) is 12.3 Å². The quantitative estimate of drug-likeness (QED) is 0.671. The van der Waals surface area contributed by atoms with Crippen LogP contribution in [-0.2, 0) is 0 Å². The summed E-state index contributed by atoms with van der Waals surface area (Å²) in [6, 6.07) is 6.04. The number of aromatic nitrogens is 2. The molecular formula is C10H12BrN3S. The molecule has 0 aliphatic carbocycles. The molecule has 0 fully saturated rings. The second-order valence-corrected chi connectivity index (χ2v) is 5.19. The van der Waals surface area contributed by atoms with Gasteiger partial charge in [0.2, 0.25) is 0 Å². The first-order valence-corrected chi connectivity index (χ1v) is 6.55. The molecule has 1 heterocycles. The monoisotopic (exact) mass is 285 g/mol. The van der Waals surface area contributed by atoms with Crippen LogP contribution < -0.4 is 5.73 Å². The van der Waals surface area contributed by atoms with Crippen molar-refractivity contribution in [2.45, 2.75) is 11.6 Å². The molecule has 2 rings (SSSR count). The van der Waals surface area contributed by atoms with Crippen molar-refractivity contribution < 1.29 is 0 Å². The molecule has 0 atom stereocenters. The zero-order valence-corrected chi connectivity index (χ0v) is 10.6. The summed E-state index contributed by atoms with van der Waals surface area (Å²) in [6.45, 7) is 0.735. The zero-order chi connectivity index (χ0) is 10.7. The Hall–Kier alpha value is -0.520. The van der Waals surface area contributed by atoms with E-state index in [-0.39, 0.29) is 0 Å². The van der Waals surface area contributed by atoms with Gasteiger partial charge in [-0.15, -0.1) is 0 Å². The standard InChI is InChI=1S/C10H12BrN3S/c11-7-2-3-8-9(6-7)14-10(13-8)15-5-1-4-12/h2-3,6H,1,4-5,12H2,(H,13,14). The molecule has 15 heavy (non-hydrogen) atoms. The molecule has 0 aliphatic rings. The minimum absolute atomic E-state index is 0.735. The van der Waals surface area contributed by atoms with Gasteiger partial charge in [-0.25, -0.2) is 4.98 Å². The highest BCUT2D eigenvalue weighted by molar-refractivity contribution is 9.10. The minimum Gasteiger partial charge on any atom is -0.333 e. The van der Waals surface area contributed by atoms with E-state index in [9.17, 15) is 0 Å². The summed E-state index contributed by atoms with van der Waals surface area (Å²) in [5, 5.41) is 0.969. The second kappa shape index (κ2) is 5.01. The average Bonchev–Trinajstić information content (AvgIpc) is 2.60. The molecule has 3 nitrogen and oxygen atoms in total. The third-order valence-corrected chi connectivity index (χ3v) is 3.46. The molecule has 0 aliphatic heterocycles. The maximum absolute atomic E-state index is 5.44. The Kier molecular flexibility index (Phi) is 3.66. The average molecular weight is 286 g/mol. The van der Waals surface area contributed by atoms with Gasteiger partial charge >= 0.3 is 0 Å². The van der Waals surface area contributed by atoms with Gasteiger partial charge in [-0.3, -0.25) is 0 Å². The number of imidazole rings is 1. The van der Waals surface area contributed by atoms with E-state index in [1.54, 1.807) is 11.8 Å². The third kappa shape index (κ3) is 2.74. The Labute approximate surface area is 101 Å². The first kappa shape index (κ1) is 11.0. The van der Waals surface area contributed by atoms with Crippen LogP contribution in [0.3, 0.4) is 0 Å². The summed E-state index contributed by atoms with van der Waals surface area (Å²) in [7, 11) is 0. The van der Waals surface area contributed by atoms with Crippen LogP contribution in [0.5, 0.6) is 0 Å². The highest BCUT2D eigenvalue weighted by atomic mass is 79.9. The number of nitrogens with zero attached hydrogens (tertiary/aromatic N) is 1. The lowest BCUT2D eigenvalue weighted by Crippen LogP contribution is -1.99. The molecule has 1 aromatic carbocycles. The molecule has 2 aromatic rings. The van der Waals surface area contributed by atoms with Crippen LogP contribution in [0.15, 0.2) is 27.8 Å². The molecule has 1 aromatic heterocycles.